The summed E-state index contributed by atoms with van der Waals surface area (Å²) in [6.45, 7) is 4.29. The van der Waals surface area contributed by atoms with Crippen LogP contribution in [0.25, 0.3) is 11.5 Å². The lowest BCUT2D eigenvalue weighted by atomic mass is 10.1. The van der Waals surface area contributed by atoms with Crippen molar-refractivity contribution in [3.63, 3.8) is 0 Å². The first-order valence-electron chi connectivity index (χ1n) is 5.81. The standard InChI is InChI=1S/C13H15BrN4/c1-8(2)7-10-11(14)12(15)18-13(17-10)9-5-3-4-6-16-9/h3-6,8H,7H2,1-2H3,(H2,15,17,18). The molecule has 0 spiro atoms. The Bertz CT molecular complexity index is 540. The summed E-state index contributed by atoms with van der Waals surface area (Å²) in [6.07, 6.45) is 2.58. The number of halogens is 1. The van der Waals surface area contributed by atoms with Gasteiger partial charge in [0.1, 0.15) is 11.5 Å². The molecule has 0 aliphatic carbocycles. The fourth-order valence-electron chi connectivity index (χ4n) is 1.64. The average molecular weight is 307 g/mol. The maximum absolute atomic E-state index is 5.91. The number of hydrogen-bond donors (Lipinski definition) is 1. The molecule has 0 fully saturated rings. The van der Waals surface area contributed by atoms with Crippen molar-refractivity contribution in [2.45, 2.75) is 20.3 Å². The molecule has 2 N–H and O–H groups in total. The van der Waals surface area contributed by atoms with Crippen molar-refractivity contribution in [1.29, 1.82) is 0 Å². The summed E-state index contributed by atoms with van der Waals surface area (Å²) in [5.41, 5.74) is 7.58. The Hall–Kier alpha value is -1.49. The highest BCUT2D eigenvalue weighted by atomic mass is 79.9. The van der Waals surface area contributed by atoms with Gasteiger partial charge in [-0.25, -0.2) is 9.97 Å². The van der Waals surface area contributed by atoms with E-state index in [0.29, 0.717) is 17.6 Å². The van der Waals surface area contributed by atoms with E-state index in [2.05, 4.69) is 44.7 Å². The fourth-order valence-corrected chi connectivity index (χ4v) is 1.98. The van der Waals surface area contributed by atoms with E-state index >= 15 is 0 Å². The zero-order chi connectivity index (χ0) is 13.1. The van der Waals surface area contributed by atoms with Gasteiger partial charge in [-0.15, -0.1) is 0 Å². The topological polar surface area (TPSA) is 64.7 Å². The molecule has 0 aromatic carbocycles. The van der Waals surface area contributed by atoms with Gasteiger partial charge in [0, 0.05) is 6.20 Å². The minimum Gasteiger partial charge on any atom is -0.383 e. The number of nitrogens with zero attached hydrogens (tertiary/aromatic N) is 3. The van der Waals surface area contributed by atoms with Crippen LogP contribution < -0.4 is 5.73 Å². The summed E-state index contributed by atoms with van der Waals surface area (Å²) in [5, 5.41) is 0. The third-order valence-corrected chi connectivity index (χ3v) is 3.30. The van der Waals surface area contributed by atoms with Crippen molar-refractivity contribution in [2.24, 2.45) is 5.92 Å². The number of nitrogen functional groups attached to an aromatic ring is 1. The highest BCUT2D eigenvalue weighted by Gasteiger charge is 2.13. The van der Waals surface area contributed by atoms with E-state index < -0.39 is 0 Å². The molecule has 0 unspecified atom stereocenters. The average Bonchev–Trinajstić information content (AvgIpc) is 2.35. The Morgan fingerprint density at radius 2 is 2.06 bits per heavy atom. The summed E-state index contributed by atoms with van der Waals surface area (Å²) < 4.78 is 0.788. The van der Waals surface area contributed by atoms with E-state index in [9.17, 15) is 0 Å². The minimum absolute atomic E-state index is 0.460. The lowest BCUT2D eigenvalue weighted by Crippen LogP contribution is -2.06. The van der Waals surface area contributed by atoms with Crippen molar-refractivity contribution in [3.8, 4) is 11.5 Å². The Balaban J connectivity index is 2.47. The summed E-state index contributed by atoms with van der Waals surface area (Å²) in [5.74, 6) is 1.54. The van der Waals surface area contributed by atoms with Crippen LogP contribution in [-0.4, -0.2) is 15.0 Å². The molecule has 2 aromatic heterocycles. The molecule has 0 aliphatic heterocycles. The van der Waals surface area contributed by atoms with E-state index in [1.165, 1.54) is 0 Å². The highest BCUT2D eigenvalue weighted by Crippen LogP contribution is 2.26. The smallest absolute Gasteiger partial charge is 0.180 e. The molecule has 2 aromatic rings. The van der Waals surface area contributed by atoms with E-state index in [-0.39, 0.29) is 0 Å². The molecular formula is C13H15BrN4. The Morgan fingerprint density at radius 1 is 1.28 bits per heavy atom. The summed E-state index contributed by atoms with van der Waals surface area (Å²) in [7, 11) is 0. The van der Waals surface area contributed by atoms with Crippen LogP contribution in [0.5, 0.6) is 0 Å². The summed E-state index contributed by atoms with van der Waals surface area (Å²) >= 11 is 3.44. The van der Waals surface area contributed by atoms with Crippen molar-refractivity contribution < 1.29 is 0 Å². The molecule has 0 radical (unpaired) electrons. The molecule has 5 heteroatoms. The molecule has 94 valence electrons. The van der Waals surface area contributed by atoms with Crippen LogP contribution in [0.3, 0.4) is 0 Å². The molecule has 0 saturated carbocycles. The maximum Gasteiger partial charge on any atom is 0.180 e. The molecule has 0 bridgehead atoms. The number of anilines is 1. The van der Waals surface area contributed by atoms with Gasteiger partial charge in [-0.3, -0.25) is 4.98 Å². The van der Waals surface area contributed by atoms with Gasteiger partial charge >= 0.3 is 0 Å². The van der Waals surface area contributed by atoms with Gasteiger partial charge < -0.3 is 5.73 Å². The second-order valence-corrected chi connectivity index (χ2v) is 5.30. The Morgan fingerprint density at radius 3 is 2.67 bits per heavy atom. The minimum atomic E-state index is 0.460. The molecule has 4 nitrogen and oxygen atoms in total. The Kier molecular flexibility index (Phi) is 3.91. The van der Waals surface area contributed by atoms with Crippen LogP contribution in [0.1, 0.15) is 19.5 Å². The molecule has 18 heavy (non-hydrogen) atoms. The van der Waals surface area contributed by atoms with Gasteiger partial charge in [0.2, 0.25) is 0 Å². The van der Waals surface area contributed by atoms with Crippen molar-refractivity contribution in [3.05, 3.63) is 34.6 Å². The molecule has 0 saturated heterocycles. The van der Waals surface area contributed by atoms with Crippen molar-refractivity contribution in [1.82, 2.24) is 15.0 Å². The zero-order valence-electron chi connectivity index (χ0n) is 10.4. The van der Waals surface area contributed by atoms with E-state index in [4.69, 9.17) is 5.73 Å². The first-order valence-corrected chi connectivity index (χ1v) is 6.60. The van der Waals surface area contributed by atoms with Gasteiger partial charge in [-0.05, 0) is 40.4 Å². The van der Waals surface area contributed by atoms with Gasteiger partial charge in [0.15, 0.2) is 5.82 Å². The summed E-state index contributed by atoms with van der Waals surface area (Å²) in [4.78, 5) is 13.1. The monoisotopic (exact) mass is 306 g/mol. The first kappa shape index (κ1) is 13.0. The molecule has 0 aliphatic rings. The quantitative estimate of drug-likeness (QED) is 0.946. The lowest BCUT2D eigenvalue weighted by Gasteiger charge is -2.10. The second kappa shape index (κ2) is 5.44. The number of hydrogen-bond acceptors (Lipinski definition) is 4. The molecule has 0 atom stereocenters. The van der Waals surface area contributed by atoms with Gasteiger partial charge in [0.25, 0.3) is 0 Å². The molecule has 2 rings (SSSR count). The van der Waals surface area contributed by atoms with Crippen LogP contribution in [0.15, 0.2) is 28.9 Å². The third-order valence-electron chi connectivity index (χ3n) is 2.44. The lowest BCUT2D eigenvalue weighted by molar-refractivity contribution is 0.632. The van der Waals surface area contributed by atoms with Gasteiger partial charge in [-0.1, -0.05) is 19.9 Å². The second-order valence-electron chi connectivity index (χ2n) is 4.51. The van der Waals surface area contributed by atoms with Gasteiger partial charge in [-0.2, -0.15) is 0 Å². The third kappa shape index (κ3) is 2.85. The van der Waals surface area contributed by atoms with Crippen LogP contribution in [0.4, 0.5) is 5.82 Å². The zero-order valence-corrected chi connectivity index (χ0v) is 12.0. The Labute approximate surface area is 115 Å². The molecule has 0 amide bonds. The molecule has 2 heterocycles. The SMILES string of the molecule is CC(C)Cc1nc(-c2ccccn2)nc(N)c1Br. The van der Waals surface area contributed by atoms with Crippen molar-refractivity contribution >= 4 is 21.7 Å². The van der Waals surface area contributed by atoms with Crippen LogP contribution in [0.2, 0.25) is 0 Å². The number of nitrogens with two attached hydrogens (primary N) is 1. The normalized spacial score (nSPS) is 10.9. The maximum atomic E-state index is 5.91. The van der Waals surface area contributed by atoms with Crippen LogP contribution >= 0.6 is 15.9 Å². The number of aromatic nitrogens is 3. The number of pyridine rings is 1. The predicted molar refractivity (Wildman–Crippen MR) is 75.9 cm³/mol. The summed E-state index contributed by atoms with van der Waals surface area (Å²) in [6, 6.07) is 5.65. The van der Waals surface area contributed by atoms with Crippen molar-refractivity contribution in [2.75, 3.05) is 5.73 Å². The number of rotatable bonds is 3. The van der Waals surface area contributed by atoms with E-state index in [0.717, 1.165) is 22.3 Å². The molecular weight excluding hydrogens is 292 g/mol. The predicted octanol–water partition coefficient (Wildman–Crippen LogP) is 3.08. The highest BCUT2D eigenvalue weighted by molar-refractivity contribution is 9.10. The largest absolute Gasteiger partial charge is 0.383 e. The van der Waals surface area contributed by atoms with E-state index in [1.54, 1.807) is 6.20 Å². The van der Waals surface area contributed by atoms with Crippen LogP contribution in [0, 0.1) is 5.92 Å². The van der Waals surface area contributed by atoms with Gasteiger partial charge in [0.05, 0.1) is 10.2 Å². The first-order chi connectivity index (χ1) is 8.58. The van der Waals surface area contributed by atoms with Crippen LogP contribution in [-0.2, 0) is 6.42 Å². The fraction of sp³-hybridized carbons (Fsp3) is 0.308. The van der Waals surface area contributed by atoms with E-state index in [1.807, 2.05) is 18.2 Å².